The van der Waals surface area contributed by atoms with Gasteiger partial charge in [0.05, 0.1) is 17.5 Å². The maximum atomic E-state index is 12.5. The molecule has 0 bridgehead atoms. The molecule has 0 aliphatic rings. The van der Waals surface area contributed by atoms with E-state index in [0.717, 1.165) is 0 Å². The standard InChI is InChI=1S/C13H13N5O3/c1-2-21-13(20)18-10-6-4-3-5-9(10)12(19)17(18)7-11-14-8-15-16-11/h3-6,8H,2,7H2,1H3,(H,14,15,16). The number of benzene rings is 1. The van der Waals surface area contributed by atoms with E-state index < -0.39 is 6.09 Å². The molecule has 0 unspecified atom stereocenters. The second-order valence-electron chi connectivity index (χ2n) is 4.32. The van der Waals surface area contributed by atoms with Gasteiger partial charge in [-0.1, -0.05) is 12.1 Å². The average Bonchev–Trinajstić information content (AvgIpc) is 3.08. The number of nitrogens with zero attached hydrogens (tertiary/aromatic N) is 4. The summed E-state index contributed by atoms with van der Waals surface area (Å²) in [7, 11) is 0. The highest BCUT2D eigenvalue weighted by atomic mass is 16.6. The van der Waals surface area contributed by atoms with Crippen LogP contribution in [0.4, 0.5) is 4.79 Å². The van der Waals surface area contributed by atoms with Crippen LogP contribution in [0, 0.1) is 0 Å². The fourth-order valence-corrected chi connectivity index (χ4v) is 2.17. The van der Waals surface area contributed by atoms with Gasteiger partial charge in [0, 0.05) is 0 Å². The van der Waals surface area contributed by atoms with E-state index in [1.165, 1.54) is 15.7 Å². The lowest BCUT2D eigenvalue weighted by atomic mass is 10.2. The van der Waals surface area contributed by atoms with Crippen molar-refractivity contribution in [2.75, 3.05) is 6.61 Å². The first-order valence-corrected chi connectivity index (χ1v) is 6.44. The summed E-state index contributed by atoms with van der Waals surface area (Å²) in [6.07, 6.45) is 0.743. The van der Waals surface area contributed by atoms with Crippen LogP contribution in [0.5, 0.6) is 0 Å². The van der Waals surface area contributed by atoms with Crippen molar-refractivity contribution in [3.63, 3.8) is 0 Å². The summed E-state index contributed by atoms with van der Waals surface area (Å²) in [6, 6.07) is 6.88. The predicted molar refractivity (Wildman–Crippen MR) is 74.1 cm³/mol. The Kier molecular flexibility index (Phi) is 3.27. The van der Waals surface area contributed by atoms with Crippen molar-refractivity contribution in [1.82, 2.24) is 24.5 Å². The predicted octanol–water partition coefficient (Wildman–Crippen LogP) is 0.974. The van der Waals surface area contributed by atoms with Crippen LogP contribution in [0.15, 0.2) is 35.4 Å². The third-order valence-corrected chi connectivity index (χ3v) is 3.04. The quantitative estimate of drug-likeness (QED) is 0.774. The summed E-state index contributed by atoms with van der Waals surface area (Å²) >= 11 is 0. The Morgan fingerprint density at radius 2 is 2.19 bits per heavy atom. The first kappa shape index (κ1) is 13.1. The van der Waals surface area contributed by atoms with Crippen LogP contribution in [-0.4, -0.2) is 37.2 Å². The summed E-state index contributed by atoms with van der Waals surface area (Å²) in [5.74, 6) is 0.477. The van der Waals surface area contributed by atoms with E-state index in [1.807, 2.05) is 0 Å². The average molecular weight is 287 g/mol. The number of carbonyl (C=O) groups excluding carboxylic acids is 1. The van der Waals surface area contributed by atoms with E-state index in [4.69, 9.17) is 4.74 Å². The summed E-state index contributed by atoms with van der Waals surface area (Å²) in [4.78, 5) is 28.6. The summed E-state index contributed by atoms with van der Waals surface area (Å²) in [5, 5.41) is 6.85. The fraction of sp³-hybridized carbons (Fsp3) is 0.231. The maximum absolute atomic E-state index is 12.5. The van der Waals surface area contributed by atoms with Gasteiger partial charge < -0.3 is 4.74 Å². The molecule has 1 aromatic carbocycles. The van der Waals surface area contributed by atoms with Crippen LogP contribution in [0.25, 0.3) is 10.9 Å². The van der Waals surface area contributed by atoms with Crippen LogP contribution in [0.3, 0.4) is 0 Å². The van der Waals surface area contributed by atoms with Crippen molar-refractivity contribution in [2.45, 2.75) is 13.5 Å². The Balaban J connectivity index is 2.21. The van der Waals surface area contributed by atoms with Gasteiger partial charge in [-0.25, -0.2) is 14.5 Å². The number of hydrogen-bond donors (Lipinski definition) is 1. The fourth-order valence-electron chi connectivity index (χ4n) is 2.17. The third kappa shape index (κ3) is 2.20. The minimum Gasteiger partial charge on any atom is -0.448 e. The number of H-pyrrole nitrogens is 1. The minimum absolute atomic E-state index is 0.103. The molecule has 108 valence electrons. The molecule has 0 fully saturated rings. The van der Waals surface area contributed by atoms with E-state index in [0.29, 0.717) is 16.7 Å². The van der Waals surface area contributed by atoms with Crippen molar-refractivity contribution in [3.8, 4) is 0 Å². The normalized spacial score (nSPS) is 10.9. The van der Waals surface area contributed by atoms with Crippen molar-refractivity contribution >= 4 is 17.0 Å². The van der Waals surface area contributed by atoms with Crippen LogP contribution in [0.1, 0.15) is 12.7 Å². The number of aromatic amines is 1. The van der Waals surface area contributed by atoms with Gasteiger partial charge in [0.1, 0.15) is 18.7 Å². The van der Waals surface area contributed by atoms with E-state index in [2.05, 4.69) is 15.2 Å². The van der Waals surface area contributed by atoms with Gasteiger partial charge in [-0.2, -0.15) is 9.78 Å². The van der Waals surface area contributed by atoms with Gasteiger partial charge in [-0.05, 0) is 19.1 Å². The van der Waals surface area contributed by atoms with E-state index in [-0.39, 0.29) is 18.7 Å². The zero-order chi connectivity index (χ0) is 14.8. The lowest BCUT2D eigenvalue weighted by Crippen LogP contribution is -2.29. The molecule has 0 spiro atoms. The highest BCUT2D eigenvalue weighted by molar-refractivity contribution is 5.87. The molecule has 8 heteroatoms. The Hall–Kier alpha value is -2.90. The SMILES string of the molecule is CCOC(=O)n1c2ccccc2c(=O)n1Cc1ncn[nH]1. The number of nitrogens with one attached hydrogen (secondary N) is 1. The molecule has 0 atom stereocenters. The molecule has 0 saturated heterocycles. The lowest BCUT2D eigenvalue weighted by Gasteiger charge is -2.09. The van der Waals surface area contributed by atoms with E-state index in [9.17, 15) is 9.59 Å². The van der Waals surface area contributed by atoms with Crippen LogP contribution in [-0.2, 0) is 11.3 Å². The summed E-state index contributed by atoms with van der Waals surface area (Å²) in [5.41, 5.74) is 0.218. The zero-order valence-electron chi connectivity index (χ0n) is 11.3. The number of ether oxygens (including phenoxy) is 1. The number of rotatable bonds is 3. The molecule has 3 rings (SSSR count). The highest BCUT2D eigenvalue weighted by Gasteiger charge is 2.19. The molecule has 3 aromatic rings. The first-order valence-electron chi connectivity index (χ1n) is 6.44. The molecule has 0 aliphatic heterocycles. The molecule has 0 aliphatic carbocycles. The smallest absolute Gasteiger partial charge is 0.433 e. The monoisotopic (exact) mass is 287 g/mol. The molecule has 21 heavy (non-hydrogen) atoms. The van der Waals surface area contributed by atoms with Crippen LogP contribution < -0.4 is 5.56 Å². The molecule has 0 saturated carbocycles. The molecule has 0 radical (unpaired) electrons. The van der Waals surface area contributed by atoms with Gasteiger partial charge in [0.2, 0.25) is 0 Å². The molecular weight excluding hydrogens is 274 g/mol. The third-order valence-electron chi connectivity index (χ3n) is 3.04. The van der Waals surface area contributed by atoms with Crippen LogP contribution >= 0.6 is 0 Å². The van der Waals surface area contributed by atoms with Gasteiger partial charge in [-0.15, -0.1) is 0 Å². The van der Waals surface area contributed by atoms with Gasteiger partial charge in [0.15, 0.2) is 0 Å². The summed E-state index contributed by atoms with van der Waals surface area (Å²) in [6.45, 7) is 2.04. The highest BCUT2D eigenvalue weighted by Crippen LogP contribution is 2.12. The Bertz CT molecular complexity index is 831. The number of hydrogen-bond acceptors (Lipinski definition) is 5. The summed E-state index contributed by atoms with van der Waals surface area (Å²) < 4.78 is 7.53. The molecular formula is C13H13N5O3. The second-order valence-corrected chi connectivity index (χ2v) is 4.32. The molecule has 1 N–H and O–H groups in total. The van der Waals surface area contributed by atoms with Crippen molar-refractivity contribution in [1.29, 1.82) is 0 Å². The number of carbonyl (C=O) groups is 1. The van der Waals surface area contributed by atoms with Crippen molar-refractivity contribution in [3.05, 3.63) is 46.8 Å². The van der Waals surface area contributed by atoms with Crippen LogP contribution in [0.2, 0.25) is 0 Å². The molecule has 2 aromatic heterocycles. The zero-order valence-corrected chi connectivity index (χ0v) is 11.3. The van der Waals surface area contributed by atoms with Gasteiger partial charge in [-0.3, -0.25) is 9.89 Å². The number of para-hydroxylation sites is 1. The van der Waals surface area contributed by atoms with E-state index >= 15 is 0 Å². The Labute approximate surface area is 119 Å². The number of aromatic nitrogens is 5. The van der Waals surface area contributed by atoms with Gasteiger partial charge in [0.25, 0.3) is 5.56 Å². The van der Waals surface area contributed by atoms with Crippen molar-refractivity contribution < 1.29 is 9.53 Å². The van der Waals surface area contributed by atoms with Gasteiger partial charge >= 0.3 is 6.09 Å². The Morgan fingerprint density at radius 3 is 2.90 bits per heavy atom. The topological polar surface area (TPSA) is 94.8 Å². The maximum Gasteiger partial charge on any atom is 0.433 e. The largest absolute Gasteiger partial charge is 0.448 e. The molecule has 0 amide bonds. The second kappa shape index (κ2) is 5.23. The van der Waals surface area contributed by atoms with E-state index in [1.54, 1.807) is 31.2 Å². The molecule has 8 nitrogen and oxygen atoms in total. The van der Waals surface area contributed by atoms with Crippen molar-refractivity contribution in [2.24, 2.45) is 0 Å². The molecule has 2 heterocycles. The minimum atomic E-state index is -0.602. The number of fused-ring (bicyclic) bond motifs is 1. The first-order chi connectivity index (χ1) is 10.2. The Morgan fingerprint density at radius 1 is 1.38 bits per heavy atom. The lowest BCUT2D eigenvalue weighted by molar-refractivity contribution is 0.147.